The third-order valence-corrected chi connectivity index (χ3v) is 5.48. The summed E-state index contributed by atoms with van der Waals surface area (Å²) in [6, 6.07) is 0. The summed E-state index contributed by atoms with van der Waals surface area (Å²) < 4.78 is 26.6. The standard InChI is InChI=1S/C20H35O8P/c1-14(2)7-5-8-15(3)9-6-10-16(4)11-12-26-29(24,25)28-20-19(23)18(22)17(13-21)27-20/h7,9,11,17-23H,5-6,8,10,12-13H2,1-4H3,(H,24,25)/b15-9+,16-11+/t17-,18-,19-,20+/m1/s1. The summed E-state index contributed by atoms with van der Waals surface area (Å²) in [7, 11) is -4.50. The lowest BCUT2D eigenvalue weighted by Gasteiger charge is -2.18. The van der Waals surface area contributed by atoms with Crippen LogP contribution in [0.15, 0.2) is 34.9 Å². The summed E-state index contributed by atoms with van der Waals surface area (Å²) >= 11 is 0. The fraction of sp³-hybridized carbons (Fsp3) is 0.700. The summed E-state index contributed by atoms with van der Waals surface area (Å²) in [5.41, 5.74) is 3.66. The molecule has 1 aliphatic rings. The molecule has 1 fully saturated rings. The molecule has 9 heteroatoms. The van der Waals surface area contributed by atoms with E-state index in [2.05, 4.69) is 32.9 Å². The first-order chi connectivity index (χ1) is 13.6. The van der Waals surface area contributed by atoms with Crippen molar-refractivity contribution in [2.45, 2.75) is 78.0 Å². The van der Waals surface area contributed by atoms with Gasteiger partial charge in [0.25, 0.3) is 0 Å². The Kier molecular flexibility index (Phi) is 11.5. The van der Waals surface area contributed by atoms with Gasteiger partial charge in [-0.1, -0.05) is 34.9 Å². The molecule has 0 aromatic heterocycles. The zero-order chi connectivity index (χ0) is 22.0. The second kappa shape index (κ2) is 12.8. The van der Waals surface area contributed by atoms with Gasteiger partial charge in [0.05, 0.1) is 13.2 Å². The van der Waals surface area contributed by atoms with Crippen molar-refractivity contribution >= 4 is 7.82 Å². The van der Waals surface area contributed by atoms with Crippen LogP contribution in [-0.2, 0) is 18.3 Å². The molecular weight excluding hydrogens is 399 g/mol. The Morgan fingerprint density at radius 2 is 1.59 bits per heavy atom. The zero-order valence-electron chi connectivity index (χ0n) is 17.7. The lowest BCUT2D eigenvalue weighted by Crippen LogP contribution is -2.34. The molecule has 0 bridgehead atoms. The van der Waals surface area contributed by atoms with Crippen LogP contribution in [0.25, 0.3) is 0 Å². The molecular formula is C20H35O8P. The number of allylic oxidation sites excluding steroid dienone is 5. The van der Waals surface area contributed by atoms with E-state index >= 15 is 0 Å². The van der Waals surface area contributed by atoms with E-state index < -0.39 is 39.0 Å². The van der Waals surface area contributed by atoms with Gasteiger partial charge in [0.15, 0.2) is 6.29 Å². The number of aliphatic hydroxyl groups excluding tert-OH is 3. The van der Waals surface area contributed by atoms with Gasteiger partial charge in [0, 0.05) is 0 Å². The normalized spacial score (nSPS) is 27.7. The monoisotopic (exact) mass is 434 g/mol. The average Bonchev–Trinajstić information content (AvgIpc) is 2.88. The highest BCUT2D eigenvalue weighted by Gasteiger charge is 2.46. The summed E-state index contributed by atoms with van der Waals surface area (Å²) in [5.74, 6) is 0. The molecule has 1 rings (SSSR count). The molecule has 0 aromatic carbocycles. The van der Waals surface area contributed by atoms with Gasteiger partial charge < -0.3 is 24.9 Å². The van der Waals surface area contributed by atoms with E-state index in [1.54, 1.807) is 6.08 Å². The van der Waals surface area contributed by atoms with Crippen molar-refractivity contribution < 1.29 is 38.6 Å². The molecule has 5 atom stereocenters. The Morgan fingerprint density at radius 3 is 2.14 bits per heavy atom. The molecule has 0 aromatic rings. The molecule has 1 unspecified atom stereocenters. The molecule has 1 aliphatic heterocycles. The van der Waals surface area contributed by atoms with Crippen LogP contribution >= 0.6 is 7.82 Å². The van der Waals surface area contributed by atoms with Crippen LogP contribution in [0.2, 0.25) is 0 Å². The van der Waals surface area contributed by atoms with Gasteiger partial charge in [0.2, 0.25) is 0 Å². The van der Waals surface area contributed by atoms with Crippen LogP contribution < -0.4 is 0 Å². The van der Waals surface area contributed by atoms with Crippen LogP contribution in [-0.4, -0.2) is 58.0 Å². The predicted octanol–water partition coefficient (Wildman–Crippen LogP) is 2.98. The first-order valence-electron chi connectivity index (χ1n) is 9.78. The second-order valence-corrected chi connectivity index (χ2v) is 8.94. The largest absolute Gasteiger partial charge is 0.474 e. The molecule has 0 radical (unpaired) electrons. The van der Waals surface area contributed by atoms with Crippen molar-refractivity contribution in [2.75, 3.05) is 13.2 Å². The molecule has 0 aliphatic carbocycles. The Bertz CT molecular complexity index is 638. The molecule has 1 heterocycles. The number of phosphoric acid groups is 1. The fourth-order valence-electron chi connectivity index (χ4n) is 2.73. The summed E-state index contributed by atoms with van der Waals surface area (Å²) in [5, 5.41) is 28.4. The van der Waals surface area contributed by atoms with Crippen molar-refractivity contribution in [3.63, 3.8) is 0 Å². The highest BCUT2D eigenvalue weighted by Crippen LogP contribution is 2.46. The maximum absolute atomic E-state index is 12.0. The van der Waals surface area contributed by atoms with Gasteiger partial charge in [0.1, 0.15) is 18.3 Å². The van der Waals surface area contributed by atoms with Crippen molar-refractivity contribution in [1.29, 1.82) is 0 Å². The Morgan fingerprint density at radius 1 is 1.00 bits per heavy atom. The Labute approximate surface area is 173 Å². The summed E-state index contributed by atoms with van der Waals surface area (Å²) in [6.07, 6.45) is 4.24. The van der Waals surface area contributed by atoms with Gasteiger partial charge in [-0.2, -0.15) is 0 Å². The quantitative estimate of drug-likeness (QED) is 0.273. The number of hydrogen-bond donors (Lipinski definition) is 4. The van der Waals surface area contributed by atoms with Crippen LogP contribution in [0.1, 0.15) is 53.4 Å². The maximum atomic E-state index is 12.0. The minimum atomic E-state index is -4.50. The van der Waals surface area contributed by atoms with Gasteiger partial charge in [-0.15, -0.1) is 0 Å². The number of ether oxygens (including phenoxy) is 1. The molecule has 0 spiro atoms. The highest BCUT2D eigenvalue weighted by molar-refractivity contribution is 7.47. The lowest BCUT2D eigenvalue weighted by atomic mass is 10.1. The van der Waals surface area contributed by atoms with E-state index in [4.69, 9.17) is 18.9 Å². The molecule has 1 saturated heterocycles. The van der Waals surface area contributed by atoms with Crippen LogP contribution in [0.5, 0.6) is 0 Å². The first kappa shape index (κ1) is 26.2. The van der Waals surface area contributed by atoms with Crippen molar-refractivity contribution in [3.05, 3.63) is 34.9 Å². The fourth-order valence-corrected chi connectivity index (χ4v) is 3.49. The molecule has 4 N–H and O–H groups in total. The highest BCUT2D eigenvalue weighted by atomic mass is 31.2. The predicted molar refractivity (Wildman–Crippen MR) is 110 cm³/mol. The number of rotatable bonds is 12. The van der Waals surface area contributed by atoms with Crippen LogP contribution in [0, 0.1) is 0 Å². The van der Waals surface area contributed by atoms with Gasteiger partial charge in [-0.3, -0.25) is 9.05 Å². The number of hydrogen-bond acceptors (Lipinski definition) is 7. The number of aliphatic hydroxyl groups is 3. The topological polar surface area (TPSA) is 126 Å². The van der Waals surface area contributed by atoms with Crippen LogP contribution in [0.3, 0.4) is 0 Å². The van der Waals surface area contributed by atoms with Gasteiger partial charge in [-0.05, 0) is 53.4 Å². The van der Waals surface area contributed by atoms with E-state index in [-0.39, 0.29) is 6.61 Å². The van der Waals surface area contributed by atoms with E-state index in [0.29, 0.717) is 0 Å². The van der Waals surface area contributed by atoms with E-state index in [0.717, 1.165) is 31.3 Å². The first-order valence-corrected chi connectivity index (χ1v) is 11.3. The lowest BCUT2D eigenvalue weighted by molar-refractivity contribution is -0.127. The summed E-state index contributed by atoms with van der Waals surface area (Å²) in [4.78, 5) is 9.75. The minimum absolute atomic E-state index is 0.141. The van der Waals surface area contributed by atoms with Gasteiger partial charge >= 0.3 is 7.82 Å². The molecule has 8 nitrogen and oxygen atoms in total. The van der Waals surface area contributed by atoms with E-state index in [1.807, 2.05) is 6.92 Å². The molecule has 29 heavy (non-hydrogen) atoms. The second-order valence-electron chi connectivity index (χ2n) is 7.54. The maximum Gasteiger partial charge on any atom is 0.474 e. The minimum Gasteiger partial charge on any atom is -0.394 e. The Balaban J connectivity index is 2.37. The number of phosphoric ester groups is 1. The zero-order valence-corrected chi connectivity index (χ0v) is 18.5. The molecule has 168 valence electrons. The van der Waals surface area contributed by atoms with Crippen molar-refractivity contribution in [3.8, 4) is 0 Å². The van der Waals surface area contributed by atoms with Crippen LogP contribution in [0.4, 0.5) is 0 Å². The smallest absolute Gasteiger partial charge is 0.394 e. The average molecular weight is 434 g/mol. The third-order valence-electron chi connectivity index (χ3n) is 4.53. The summed E-state index contributed by atoms with van der Waals surface area (Å²) in [6.45, 7) is 7.49. The van der Waals surface area contributed by atoms with Crippen molar-refractivity contribution in [2.24, 2.45) is 0 Å². The molecule has 0 saturated carbocycles. The Hall–Kier alpha value is -0.830. The third kappa shape index (κ3) is 10.2. The van der Waals surface area contributed by atoms with E-state index in [9.17, 15) is 19.7 Å². The SMILES string of the molecule is CC(C)=CCC/C(C)=C/CC/C(C)=C/COP(=O)(O)O[C@@H]1O[C@H](CO)[C@@H](O)[C@H]1O. The van der Waals surface area contributed by atoms with E-state index in [1.165, 1.54) is 11.1 Å². The molecule has 0 amide bonds. The van der Waals surface area contributed by atoms with Crippen molar-refractivity contribution in [1.82, 2.24) is 0 Å². The van der Waals surface area contributed by atoms with Gasteiger partial charge in [-0.25, -0.2) is 4.57 Å².